The van der Waals surface area contributed by atoms with Gasteiger partial charge in [0.25, 0.3) is 0 Å². The largest absolute Gasteiger partial charge is 0.370 e. The van der Waals surface area contributed by atoms with E-state index in [-0.39, 0.29) is 17.3 Å². The summed E-state index contributed by atoms with van der Waals surface area (Å²) in [7, 11) is -2.49. The first kappa shape index (κ1) is 18.8. The second kappa shape index (κ2) is 8.52. The molecule has 1 fully saturated rings. The van der Waals surface area contributed by atoms with Crippen molar-refractivity contribution in [1.82, 2.24) is 9.62 Å². The van der Waals surface area contributed by atoms with E-state index >= 15 is 0 Å². The van der Waals surface area contributed by atoms with Gasteiger partial charge >= 0.3 is 0 Å². The second-order valence-electron chi connectivity index (χ2n) is 5.68. The normalized spacial score (nSPS) is 16.3. The highest BCUT2D eigenvalue weighted by atomic mass is 32.2. The molecule has 2 N–H and O–H groups in total. The van der Waals surface area contributed by atoms with Crippen molar-refractivity contribution in [1.29, 1.82) is 0 Å². The van der Waals surface area contributed by atoms with E-state index in [1.54, 1.807) is 0 Å². The van der Waals surface area contributed by atoms with Crippen LogP contribution in [0, 0.1) is 5.82 Å². The third kappa shape index (κ3) is 5.23. The van der Waals surface area contributed by atoms with E-state index in [2.05, 4.69) is 5.32 Å². The van der Waals surface area contributed by atoms with E-state index in [9.17, 15) is 17.6 Å². The molecule has 0 unspecified atom stereocenters. The molecule has 24 heavy (non-hydrogen) atoms. The average Bonchev–Trinajstić information content (AvgIpc) is 2.56. The highest BCUT2D eigenvalue weighted by Gasteiger charge is 2.23. The first-order chi connectivity index (χ1) is 11.4. The number of nitrogens with one attached hydrogen (secondary N) is 2. The lowest BCUT2D eigenvalue weighted by atomic mass is 10.4. The van der Waals surface area contributed by atoms with Crippen LogP contribution >= 0.6 is 0 Å². The predicted molar refractivity (Wildman–Crippen MR) is 85.6 cm³/mol. The van der Waals surface area contributed by atoms with Crippen molar-refractivity contribution in [3.8, 4) is 0 Å². The summed E-state index contributed by atoms with van der Waals surface area (Å²) in [6.45, 7) is 4.26. The summed E-state index contributed by atoms with van der Waals surface area (Å²) in [5.74, 6) is -0.879. The van der Waals surface area contributed by atoms with Crippen molar-refractivity contribution < 1.29 is 27.2 Å². The molecule has 0 bridgehead atoms. The van der Waals surface area contributed by atoms with Gasteiger partial charge in [0.2, 0.25) is 15.9 Å². The first-order valence-electron chi connectivity index (χ1n) is 7.79. The molecule has 1 heterocycles. The number of likely N-dealkylation sites (N-methyl/N-ethyl adjacent to an activating group) is 1. The average molecular weight is 360 g/mol. The molecular weight excluding hydrogens is 337 g/mol. The molecule has 0 aliphatic carbocycles. The van der Waals surface area contributed by atoms with Crippen LogP contribution in [0.3, 0.4) is 0 Å². The molecule has 1 aliphatic rings. The number of hydrogen-bond acceptors (Lipinski definition) is 4. The summed E-state index contributed by atoms with van der Waals surface area (Å²) < 4.78 is 43.7. The molecule has 134 valence electrons. The van der Waals surface area contributed by atoms with Gasteiger partial charge in [0, 0.05) is 7.05 Å². The van der Waals surface area contributed by atoms with Gasteiger partial charge in [-0.15, -0.1) is 0 Å². The molecule has 1 aromatic rings. The van der Waals surface area contributed by atoms with E-state index in [0.717, 1.165) is 49.3 Å². The molecular formula is C15H23FN3O4S+. The first-order valence-corrected chi connectivity index (χ1v) is 9.23. The molecule has 0 atom stereocenters. The van der Waals surface area contributed by atoms with Crippen LogP contribution in [0.4, 0.5) is 4.39 Å². The van der Waals surface area contributed by atoms with E-state index in [4.69, 9.17) is 4.74 Å². The number of halogens is 1. The molecule has 7 nitrogen and oxygen atoms in total. The van der Waals surface area contributed by atoms with E-state index in [1.165, 1.54) is 24.1 Å². The Bertz CT molecular complexity index is 645. The fourth-order valence-electron chi connectivity index (χ4n) is 2.42. The van der Waals surface area contributed by atoms with Gasteiger partial charge in [-0.2, -0.15) is 4.31 Å². The molecule has 9 heteroatoms. The molecule has 1 aliphatic heterocycles. The Morgan fingerprint density at radius 1 is 1.29 bits per heavy atom. The van der Waals surface area contributed by atoms with Crippen LogP contribution in [0.5, 0.6) is 0 Å². The number of carbonyl (C=O) groups excluding carboxylic acids is 1. The Morgan fingerprint density at radius 2 is 1.92 bits per heavy atom. The van der Waals surface area contributed by atoms with Crippen LogP contribution in [0.15, 0.2) is 29.2 Å². The van der Waals surface area contributed by atoms with Gasteiger partial charge in [-0.3, -0.25) is 4.79 Å². The zero-order valence-electron chi connectivity index (χ0n) is 13.6. The smallest absolute Gasteiger partial charge is 0.243 e. The van der Waals surface area contributed by atoms with Crippen LogP contribution < -0.4 is 10.2 Å². The highest BCUT2D eigenvalue weighted by molar-refractivity contribution is 7.89. The number of sulfonamides is 1. The fraction of sp³-hybridized carbons (Fsp3) is 0.533. The Kier molecular flexibility index (Phi) is 6.67. The van der Waals surface area contributed by atoms with E-state index < -0.39 is 15.8 Å². The van der Waals surface area contributed by atoms with Gasteiger partial charge in [0.15, 0.2) is 0 Å². The van der Waals surface area contributed by atoms with E-state index in [0.29, 0.717) is 6.54 Å². The monoisotopic (exact) mass is 360 g/mol. The van der Waals surface area contributed by atoms with Crippen molar-refractivity contribution >= 4 is 15.9 Å². The number of benzene rings is 1. The minimum Gasteiger partial charge on any atom is -0.370 e. The van der Waals surface area contributed by atoms with Gasteiger partial charge in [-0.25, -0.2) is 12.8 Å². The minimum absolute atomic E-state index is 0.0445. The van der Waals surface area contributed by atoms with Gasteiger partial charge < -0.3 is 15.0 Å². The standard InChI is InChI=1S/C15H22FN3O4S/c1-18(24(21,22)14-4-2-13(16)3-5-14)12-15(20)17-6-7-19-8-10-23-11-9-19/h2-5H,6-12H2,1H3,(H,17,20)/p+1. The van der Waals surface area contributed by atoms with Crippen LogP contribution in [-0.4, -0.2) is 71.6 Å². The van der Waals surface area contributed by atoms with Crippen molar-refractivity contribution in [2.75, 3.05) is 53.0 Å². The third-order valence-electron chi connectivity index (χ3n) is 3.89. The summed E-state index contributed by atoms with van der Waals surface area (Å²) in [6.07, 6.45) is 0. The molecule has 2 rings (SSSR count). The molecule has 0 spiro atoms. The lowest BCUT2D eigenvalue weighted by Gasteiger charge is -2.24. The maximum Gasteiger partial charge on any atom is 0.243 e. The summed E-state index contributed by atoms with van der Waals surface area (Å²) in [5.41, 5.74) is 0. The minimum atomic E-state index is -3.81. The fourth-order valence-corrected chi connectivity index (χ4v) is 3.55. The molecule has 1 saturated heterocycles. The zero-order valence-corrected chi connectivity index (χ0v) is 14.4. The topological polar surface area (TPSA) is 80.2 Å². The summed E-state index contributed by atoms with van der Waals surface area (Å²) in [6, 6.07) is 4.51. The molecule has 0 saturated carbocycles. The number of morpholine rings is 1. The van der Waals surface area contributed by atoms with Crippen LogP contribution in [0.1, 0.15) is 0 Å². The van der Waals surface area contributed by atoms with Gasteiger partial charge in [0.05, 0.1) is 37.7 Å². The Balaban J connectivity index is 1.80. The lowest BCUT2D eigenvalue weighted by molar-refractivity contribution is -0.906. The van der Waals surface area contributed by atoms with Crippen LogP contribution in [-0.2, 0) is 19.6 Å². The van der Waals surface area contributed by atoms with Crippen molar-refractivity contribution in [3.63, 3.8) is 0 Å². The molecule has 0 aromatic heterocycles. The Labute approximate surface area is 141 Å². The SMILES string of the molecule is CN(CC(=O)NCC[NH+]1CCOCC1)S(=O)(=O)c1ccc(F)cc1. The summed E-state index contributed by atoms with van der Waals surface area (Å²) in [5, 5.41) is 2.73. The predicted octanol–water partition coefficient (Wildman–Crippen LogP) is -1.52. The Morgan fingerprint density at radius 3 is 2.54 bits per heavy atom. The maximum absolute atomic E-state index is 12.9. The van der Waals surface area contributed by atoms with Crippen molar-refractivity contribution in [2.24, 2.45) is 0 Å². The van der Waals surface area contributed by atoms with Gasteiger partial charge in [0.1, 0.15) is 18.9 Å². The Hall–Kier alpha value is -1.55. The van der Waals surface area contributed by atoms with Crippen LogP contribution in [0.25, 0.3) is 0 Å². The van der Waals surface area contributed by atoms with Crippen LogP contribution in [0.2, 0.25) is 0 Å². The highest BCUT2D eigenvalue weighted by Crippen LogP contribution is 2.14. The molecule has 1 amide bonds. The molecule has 1 aromatic carbocycles. The third-order valence-corrected chi connectivity index (χ3v) is 5.71. The van der Waals surface area contributed by atoms with Gasteiger partial charge in [-0.05, 0) is 24.3 Å². The number of amides is 1. The maximum atomic E-state index is 12.9. The summed E-state index contributed by atoms with van der Waals surface area (Å²) in [4.78, 5) is 13.2. The number of rotatable bonds is 7. The van der Waals surface area contributed by atoms with E-state index in [1.807, 2.05) is 0 Å². The number of nitrogens with zero attached hydrogens (tertiary/aromatic N) is 1. The summed E-state index contributed by atoms with van der Waals surface area (Å²) >= 11 is 0. The second-order valence-corrected chi connectivity index (χ2v) is 7.72. The number of hydrogen-bond donors (Lipinski definition) is 2. The molecule has 0 radical (unpaired) electrons. The zero-order chi connectivity index (χ0) is 17.6. The van der Waals surface area contributed by atoms with Crippen molar-refractivity contribution in [3.05, 3.63) is 30.1 Å². The quantitative estimate of drug-likeness (QED) is 0.619. The van der Waals surface area contributed by atoms with Crippen molar-refractivity contribution in [2.45, 2.75) is 4.90 Å². The van der Waals surface area contributed by atoms with Gasteiger partial charge in [-0.1, -0.05) is 0 Å². The number of carbonyl (C=O) groups is 1. The lowest BCUT2D eigenvalue weighted by Crippen LogP contribution is -3.14. The number of ether oxygens (including phenoxy) is 1. The number of quaternary nitrogens is 1.